The number of hydrogen-bond donors (Lipinski definition) is 1. The number of sulfonamides is 1. The first-order chi connectivity index (χ1) is 23.0. The summed E-state index contributed by atoms with van der Waals surface area (Å²) >= 11 is 13.2. The highest BCUT2D eigenvalue weighted by atomic mass is 35.5. The van der Waals surface area contributed by atoms with Gasteiger partial charge in [-0.15, -0.1) is 0 Å². The summed E-state index contributed by atoms with van der Waals surface area (Å²) in [6.45, 7) is 5.89. The van der Waals surface area contributed by atoms with Crippen LogP contribution in [0, 0.1) is 6.92 Å². The number of carbonyl (C=O) groups excluding carboxylic acids is 2. The van der Waals surface area contributed by atoms with E-state index < -0.39 is 28.5 Å². The standard InChI is InChI=1S/C37H41Cl2N3O5S/c1-4-6-23-40-37(44)35(24-28-11-8-7-9-12-28)41(25-32-33(38)13-10-14-34(32)39)36(43)26-42(29-17-15-27(3)16-18-29)48(45,46)31-21-19-30(20-22-31)47-5-2/h7-22,35H,4-6,23-26H2,1-3H3,(H,40,44)/t35-/m0/s1. The van der Waals surface area contributed by atoms with Crippen LogP contribution in [0.2, 0.25) is 10.0 Å². The zero-order valence-corrected chi connectivity index (χ0v) is 29.7. The van der Waals surface area contributed by atoms with E-state index in [0.717, 1.165) is 28.3 Å². The van der Waals surface area contributed by atoms with Crippen LogP contribution in [0.25, 0.3) is 0 Å². The van der Waals surface area contributed by atoms with E-state index in [9.17, 15) is 18.0 Å². The second-order valence-electron chi connectivity index (χ2n) is 11.3. The number of anilines is 1. The van der Waals surface area contributed by atoms with Crippen molar-refractivity contribution in [3.8, 4) is 5.75 Å². The number of ether oxygens (including phenoxy) is 1. The van der Waals surface area contributed by atoms with Crippen LogP contribution in [0.15, 0.2) is 102 Å². The second kappa shape index (κ2) is 17.4. The van der Waals surface area contributed by atoms with Gasteiger partial charge in [0.1, 0.15) is 18.3 Å². The minimum absolute atomic E-state index is 0.0156. The molecule has 0 aliphatic rings. The molecule has 0 spiro atoms. The molecule has 1 N–H and O–H groups in total. The fourth-order valence-electron chi connectivity index (χ4n) is 5.16. The summed E-state index contributed by atoms with van der Waals surface area (Å²) in [6.07, 6.45) is 1.81. The smallest absolute Gasteiger partial charge is 0.264 e. The molecule has 0 fully saturated rings. The molecule has 0 saturated heterocycles. The number of benzene rings is 4. The molecule has 4 rings (SSSR count). The van der Waals surface area contributed by atoms with Gasteiger partial charge in [-0.2, -0.15) is 0 Å². The molecule has 0 aliphatic carbocycles. The Morgan fingerprint density at radius 1 is 0.854 bits per heavy atom. The number of halogens is 2. The number of carbonyl (C=O) groups is 2. The molecule has 11 heteroatoms. The van der Waals surface area contributed by atoms with E-state index in [1.54, 1.807) is 54.6 Å². The predicted molar refractivity (Wildman–Crippen MR) is 192 cm³/mol. The Labute approximate surface area is 293 Å². The van der Waals surface area contributed by atoms with Gasteiger partial charge in [0, 0.05) is 35.1 Å². The van der Waals surface area contributed by atoms with Crippen LogP contribution in [0.1, 0.15) is 43.4 Å². The summed E-state index contributed by atoms with van der Waals surface area (Å²) in [5.74, 6) is -0.442. The van der Waals surface area contributed by atoms with Crippen molar-refractivity contribution in [3.05, 3.63) is 124 Å². The molecule has 254 valence electrons. The molecular weight excluding hydrogens is 669 g/mol. The van der Waals surface area contributed by atoms with Crippen molar-refractivity contribution in [3.63, 3.8) is 0 Å². The first-order valence-corrected chi connectivity index (χ1v) is 18.1. The van der Waals surface area contributed by atoms with Crippen LogP contribution in [0.4, 0.5) is 5.69 Å². The molecule has 0 saturated carbocycles. The van der Waals surface area contributed by atoms with E-state index >= 15 is 0 Å². The molecule has 0 radical (unpaired) electrons. The van der Waals surface area contributed by atoms with Gasteiger partial charge in [-0.05, 0) is 74.4 Å². The van der Waals surface area contributed by atoms with Gasteiger partial charge in [0.05, 0.1) is 17.2 Å². The maximum atomic E-state index is 14.6. The summed E-state index contributed by atoms with van der Waals surface area (Å²) < 4.78 is 35.1. The Bertz CT molecular complexity index is 1750. The fourth-order valence-corrected chi connectivity index (χ4v) is 7.09. The normalized spacial score (nSPS) is 11.9. The molecule has 48 heavy (non-hydrogen) atoms. The van der Waals surface area contributed by atoms with Crippen molar-refractivity contribution in [1.29, 1.82) is 0 Å². The van der Waals surface area contributed by atoms with Gasteiger partial charge in [0.2, 0.25) is 11.8 Å². The van der Waals surface area contributed by atoms with Crippen molar-refractivity contribution in [2.24, 2.45) is 0 Å². The molecule has 8 nitrogen and oxygen atoms in total. The molecule has 2 amide bonds. The zero-order valence-electron chi connectivity index (χ0n) is 27.4. The molecule has 0 unspecified atom stereocenters. The van der Waals surface area contributed by atoms with Gasteiger partial charge >= 0.3 is 0 Å². The topological polar surface area (TPSA) is 96.0 Å². The maximum absolute atomic E-state index is 14.6. The number of unbranched alkanes of at least 4 members (excludes halogenated alkanes) is 1. The van der Waals surface area contributed by atoms with Crippen molar-refractivity contribution in [2.75, 3.05) is 24.0 Å². The van der Waals surface area contributed by atoms with E-state index in [-0.39, 0.29) is 23.8 Å². The summed E-state index contributed by atoms with van der Waals surface area (Å²) in [6, 6.07) is 26.3. The minimum Gasteiger partial charge on any atom is -0.494 e. The first-order valence-electron chi connectivity index (χ1n) is 15.9. The first kappa shape index (κ1) is 36.8. The van der Waals surface area contributed by atoms with Crippen LogP contribution < -0.4 is 14.4 Å². The molecule has 4 aromatic rings. The van der Waals surface area contributed by atoms with Gasteiger partial charge < -0.3 is 15.0 Å². The Hall–Kier alpha value is -4.05. The Balaban J connectivity index is 1.81. The fraction of sp³-hybridized carbons (Fsp3) is 0.297. The highest BCUT2D eigenvalue weighted by Crippen LogP contribution is 2.29. The Morgan fingerprint density at radius 3 is 2.10 bits per heavy atom. The molecule has 0 bridgehead atoms. The van der Waals surface area contributed by atoms with E-state index in [4.69, 9.17) is 27.9 Å². The lowest BCUT2D eigenvalue weighted by Gasteiger charge is -2.34. The summed E-state index contributed by atoms with van der Waals surface area (Å²) in [7, 11) is -4.26. The van der Waals surface area contributed by atoms with Crippen LogP contribution in [0.3, 0.4) is 0 Å². The number of nitrogens with zero attached hydrogens (tertiary/aromatic N) is 2. The monoisotopic (exact) mass is 709 g/mol. The number of aryl methyl sites for hydroxylation is 1. The van der Waals surface area contributed by atoms with Crippen molar-refractivity contribution < 1.29 is 22.7 Å². The van der Waals surface area contributed by atoms with E-state index in [2.05, 4.69) is 5.32 Å². The van der Waals surface area contributed by atoms with E-state index in [0.29, 0.717) is 40.2 Å². The van der Waals surface area contributed by atoms with Gasteiger partial charge in [-0.25, -0.2) is 8.42 Å². The molecule has 0 aromatic heterocycles. The van der Waals surface area contributed by atoms with Gasteiger partial charge in [0.25, 0.3) is 10.0 Å². The highest BCUT2D eigenvalue weighted by Gasteiger charge is 2.35. The van der Waals surface area contributed by atoms with Crippen molar-refractivity contribution >= 4 is 50.7 Å². The van der Waals surface area contributed by atoms with E-state index in [1.165, 1.54) is 17.0 Å². The van der Waals surface area contributed by atoms with Crippen LogP contribution in [-0.4, -0.2) is 50.9 Å². The third-order valence-corrected chi connectivity index (χ3v) is 10.3. The average Bonchev–Trinajstić information content (AvgIpc) is 3.07. The lowest BCUT2D eigenvalue weighted by Crippen LogP contribution is -2.53. The molecule has 0 aliphatic heterocycles. The molecule has 1 atom stereocenters. The lowest BCUT2D eigenvalue weighted by molar-refractivity contribution is -0.140. The maximum Gasteiger partial charge on any atom is 0.264 e. The lowest BCUT2D eigenvalue weighted by atomic mass is 10.0. The van der Waals surface area contributed by atoms with Crippen LogP contribution in [-0.2, 0) is 32.6 Å². The number of nitrogens with one attached hydrogen (secondary N) is 1. The van der Waals surface area contributed by atoms with Crippen LogP contribution in [0.5, 0.6) is 5.75 Å². The Kier molecular flexibility index (Phi) is 13.3. The summed E-state index contributed by atoms with van der Waals surface area (Å²) in [4.78, 5) is 29.9. The zero-order chi connectivity index (χ0) is 34.7. The number of hydrogen-bond acceptors (Lipinski definition) is 5. The summed E-state index contributed by atoms with van der Waals surface area (Å²) in [5, 5.41) is 3.62. The third-order valence-electron chi connectivity index (χ3n) is 7.81. The van der Waals surface area contributed by atoms with Crippen molar-refractivity contribution in [1.82, 2.24) is 10.2 Å². The third kappa shape index (κ3) is 9.52. The molecule has 4 aromatic carbocycles. The van der Waals surface area contributed by atoms with Crippen LogP contribution >= 0.6 is 23.2 Å². The van der Waals surface area contributed by atoms with Gasteiger partial charge in [0.15, 0.2) is 0 Å². The van der Waals surface area contributed by atoms with Gasteiger partial charge in [-0.3, -0.25) is 13.9 Å². The SMILES string of the molecule is CCCCNC(=O)[C@H](Cc1ccccc1)N(Cc1c(Cl)cccc1Cl)C(=O)CN(c1ccc(C)cc1)S(=O)(=O)c1ccc(OCC)cc1. The predicted octanol–water partition coefficient (Wildman–Crippen LogP) is 7.45. The number of amides is 2. The summed E-state index contributed by atoms with van der Waals surface area (Å²) in [5.41, 5.74) is 2.49. The quantitative estimate of drug-likeness (QED) is 0.122. The molecular formula is C37H41Cl2N3O5S. The largest absolute Gasteiger partial charge is 0.494 e. The highest BCUT2D eigenvalue weighted by molar-refractivity contribution is 7.92. The second-order valence-corrected chi connectivity index (χ2v) is 14.0. The average molecular weight is 711 g/mol. The van der Waals surface area contributed by atoms with Crippen molar-refractivity contribution in [2.45, 2.75) is 57.5 Å². The number of rotatable bonds is 16. The molecule has 0 heterocycles. The minimum atomic E-state index is -4.26. The van der Waals surface area contributed by atoms with E-state index in [1.807, 2.05) is 51.1 Å². The van der Waals surface area contributed by atoms with Gasteiger partial charge in [-0.1, -0.05) is 90.6 Å². The Morgan fingerprint density at radius 2 is 1.50 bits per heavy atom.